The van der Waals surface area contributed by atoms with Crippen molar-refractivity contribution in [3.05, 3.63) is 62.8 Å². The van der Waals surface area contributed by atoms with Crippen LogP contribution in [0.2, 0.25) is 5.02 Å². The molecule has 1 N–H and O–H groups in total. The lowest BCUT2D eigenvalue weighted by Gasteiger charge is -2.16. The highest BCUT2D eigenvalue weighted by molar-refractivity contribution is 9.10. The van der Waals surface area contributed by atoms with Crippen LogP contribution in [0.3, 0.4) is 0 Å². The maximum atomic E-state index is 6.28. The molecule has 0 aliphatic rings. The van der Waals surface area contributed by atoms with E-state index in [1.807, 2.05) is 30.5 Å². The summed E-state index contributed by atoms with van der Waals surface area (Å²) >= 11 is 9.70. The molecule has 2 aromatic rings. The van der Waals surface area contributed by atoms with Crippen molar-refractivity contribution in [2.24, 2.45) is 0 Å². The highest BCUT2D eigenvalue weighted by Gasteiger charge is 2.10. The van der Waals surface area contributed by atoms with Gasteiger partial charge in [-0.25, -0.2) is 0 Å². The fraction of sp³-hybridized carbons (Fsp3) is 0.312. The van der Waals surface area contributed by atoms with Gasteiger partial charge in [0.2, 0.25) is 0 Å². The largest absolute Gasteiger partial charge is 0.305 e. The van der Waals surface area contributed by atoms with Gasteiger partial charge < -0.3 is 5.32 Å². The molecule has 4 heteroatoms. The second-order valence-corrected chi connectivity index (χ2v) is 6.05. The number of rotatable bonds is 5. The van der Waals surface area contributed by atoms with Crippen LogP contribution in [0.1, 0.15) is 36.7 Å². The Morgan fingerprint density at radius 2 is 2.15 bits per heavy atom. The minimum Gasteiger partial charge on any atom is -0.305 e. The summed E-state index contributed by atoms with van der Waals surface area (Å²) in [6.07, 6.45) is 2.84. The van der Waals surface area contributed by atoms with Crippen LogP contribution in [0.25, 0.3) is 0 Å². The number of hydrogen-bond acceptors (Lipinski definition) is 2. The Kier molecular flexibility index (Phi) is 5.58. The van der Waals surface area contributed by atoms with Crippen molar-refractivity contribution < 1.29 is 0 Å². The normalized spacial score (nSPS) is 12.4. The van der Waals surface area contributed by atoms with Gasteiger partial charge in [-0.05, 0) is 42.7 Å². The van der Waals surface area contributed by atoms with Crippen LogP contribution in [-0.4, -0.2) is 4.98 Å². The Morgan fingerprint density at radius 1 is 1.35 bits per heavy atom. The molecule has 0 radical (unpaired) electrons. The molecule has 0 bridgehead atoms. The van der Waals surface area contributed by atoms with Crippen LogP contribution in [0.15, 0.2) is 41.0 Å². The van der Waals surface area contributed by atoms with Crippen molar-refractivity contribution in [1.82, 2.24) is 10.3 Å². The van der Waals surface area contributed by atoms with Crippen LogP contribution in [-0.2, 0) is 13.0 Å². The molecule has 2 nitrogen and oxygen atoms in total. The number of nitrogens with one attached hydrogen (secondary N) is 1. The summed E-state index contributed by atoms with van der Waals surface area (Å²) in [6.45, 7) is 5.01. The first-order chi connectivity index (χ1) is 9.61. The molecule has 0 aliphatic heterocycles. The quantitative estimate of drug-likeness (QED) is 0.826. The van der Waals surface area contributed by atoms with Gasteiger partial charge in [-0.2, -0.15) is 0 Å². The molecule has 0 amide bonds. The molecule has 1 unspecified atom stereocenters. The van der Waals surface area contributed by atoms with E-state index < -0.39 is 0 Å². The third-order valence-corrected chi connectivity index (χ3v) is 4.19. The van der Waals surface area contributed by atoms with E-state index >= 15 is 0 Å². The van der Waals surface area contributed by atoms with Crippen LogP contribution in [0.5, 0.6) is 0 Å². The first-order valence-electron chi connectivity index (χ1n) is 6.73. The average Bonchev–Trinajstić information content (AvgIpc) is 2.45. The molecular weight excluding hydrogens is 336 g/mol. The first-order valence-corrected chi connectivity index (χ1v) is 7.90. The molecule has 1 heterocycles. The predicted octanol–water partition coefficient (Wildman–Crippen LogP) is 4.91. The van der Waals surface area contributed by atoms with Gasteiger partial charge in [-0.15, -0.1) is 0 Å². The fourth-order valence-electron chi connectivity index (χ4n) is 2.16. The Balaban J connectivity index is 2.06. The molecular formula is C16H18BrClN2. The van der Waals surface area contributed by atoms with Gasteiger partial charge in [0.05, 0.1) is 5.69 Å². The zero-order valence-electron chi connectivity index (χ0n) is 11.7. The fourth-order valence-corrected chi connectivity index (χ4v) is 3.00. The molecule has 1 aromatic carbocycles. The van der Waals surface area contributed by atoms with E-state index in [1.165, 1.54) is 5.56 Å². The summed E-state index contributed by atoms with van der Waals surface area (Å²) in [7, 11) is 0. The van der Waals surface area contributed by atoms with Crippen molar-refractivity contribution in [2.75, 3.05) is 0 Å². The average molecular weight is 354 g/mol. The first kappa shape index (κ1) is 15.5. The lowest BCUT2D eigenvalue weighted by molar-refractivity contribution is 0.565. The lowest BCUT2D eigenvalue weighted by Crippen LogP contribution is -2.20. The molecule has 0 spiro atoms. The second-order valence-electron chi connectivity index (χ2n) is 4.73. The number of pyridine rings is 1. The maximum absolute atomic E-state index is 6.28. The van der Waals surface area contributed by atoms with Gasteiger partial charge >= 0.3 is 0 Å². The molecule has 0 fully saturated rings. The van der Waals surface area contributed by atoms with Crippen molar-refractivity contribution in [3.63, 3.8) is 0 Å². The number of aryl methyl sites for hydroxylation is 1. The van der Waals surface area contributed by atoms with Crippen LogP contribution in [0, 0.1) is 0 Å². The van der Waals surface area contributed by atoms with Gasteiger partial charge in [0.15, 0.2) is 0 Å². The van der Waals surface area contributed by atoms with Gasteiger partial charge in [0, 0.05) is 28.3 Å². The standard InChI is InChI=1S/C16H18BrClN2/c1-3-12-5-4-8-19-16(12)10-20-11(2)14-7-6-13(17)9-15(14)18/h4-9,11,20H,3,10H2,1-2H3. The molecule has 0 saturated carbocycles. The number of hydrogen-bond donors (Lipinski definition) is 1. The summed E-state index contributed by atoms with van der Waals surface area (Å²) in [5.41, 5.74) is 3.49. The SMILES string of the molecule is CCc1cccnc1CNC(C)c1ccc(Br)cc1Cl. The molecule has 2 rings (SSSR count). The minimum atomic E-state index is 0.183. The van der Waals surface area contributed by atoms with E-state index in [2.05, 4.69) is 46.1 Å². The van der Waals surface area contributed by atoms with Gasteiger partial charge in [-0.1, -0.05) is 46.6 Å². The zero-order valence-corrected chi connectivity index (χ0v) is 14.0. The molecule has 0 aliphatic carbocycles. The lowest BCUT2D eigenvalue weighted by atomic mass is 10.1. The smallest absolute Gasteiger partial charge is 0.0573 e. The number of nitrogens with zero attached hydrogens (tertiary/aromatic N) is 1. The monoisotopic (exact) mass is 352 g/mol. The van der Waals surface area contributed by atoms with E-state index in [0.29, 0.717) is 0 Å². The van der Waals surface area contributed by atoms with Gasteiger partial charge in [0.25, 0.3) is 0 Å². The molecule has 1 aromatic heterocycles. The topological polar surface area (TPSA) is 24.9 Å². The molecule has 0 saturated heterocycles. The van der Waals surface area contributed by atoms with Crippen LogP contribution in [0.4, 0.5) is 0 Å². The predicted molar refractivity (Wildman–Crippen MR) is 88.0 cm³/mol. The van der Waals surface area contributed by atoms with Gasteiger partial charge in [0.1, 0.15) is 0 Å². The number of aromatic nitrogens is 1. The summed E-state index contributed by atoms with van der Waals surface area (Å²) in [5.74, 6) is 0. The molecule has 20 heavy (non-hydrogen) atoms. The maximum Gasteiger partial charge on any atom is 0.0573 e. The second kappa shape index (κ2) is 7.21. The Labute approximate surface area is 133 Å². The molecule has 1 atom stereocenters. The third kappa shape index (κ3) is 3.81. The summed E-state index contributed by atoms with van der Waals surface area (Å²) < 4.78 is 0.997. The Morgan fingerprint density at radius 3 is 2.85 bits per heavy atom. The highest BCUT2D eigenvalue weighted by Crippen LogP contribution is 2.26. The summed E-state index contributed by atoms with van der Waals surface area (Å²) in [4.78, 5) is 4.45. The third-order valence-electron chi connectivity index (χ3n) is 3.37. The van der Waals surface area contributed by atoms with Crippen molar-refractivity contribution in [1.29, 1.82) is 0 Å². The number of halogens is 2. The van der Waals surface area contributed by atoms with Gasteiger partial charge in [-0.3, -0.25) is 4.98 Å². The van der Waals surface area contributed by atoms with Crippen LogP contribution >= 0.6 is 27.5 Å². The van der Waals surface area contributed by atoms with E-state index in [0.717, 1.165) is 33.7 Å². The minimum absolute atomic E-state index is 0.183. The highest BCUT2D eigenvalue weighted by atomic mass is 79.9. The van der Waals surface area contributed by atoms with E-state index in [-0.39, 0.29) is 6.04 Å². The van der Waals surface area contributed by atoms with E-state index in [1.54, 1.807) is 0 Å². The zero-order chi connectivity index (χ0) is 14.5. The van der Waals surface area contributed by atoms with E-state index in [9.17, 15) is 0 Å². The van der Waals surface area contributed by atoms with Crippen molar-refractivity contribution in [3.8, 4) is 0 Å². The van der Waals surface area contributed by atoms with Crippen LogP contribution < -0.4 is 5.32 Å². The van der Waals surface area contributed by atoms with Crippen molar-refractivity contribution >= 4 is 27.5 Å². The van der Waals surface area contributed by atoms with E-state index in [4.69, 9.17) is 11.6 Å². The van der Waals surface area contributed by atoms with Crippen molar-refractivity contribution in [2.45, 2.75) is 32.9 Å². The Bertz CT molecular complexity index is 586. The summed E-state index contributed by atoms with van der Waals surface area (Å²) in [5, 5.41) is 4.26. The summed E-state index contributed by atoms with van der Waals surface area (Å²) in [6, 6.07) is 10.3. The molecule has 106 valence electrons. The number of benzene rings is 1. The Hall–Kier alpha value is -0.900.